The van der Waals surface area contributed by atoms with Gasteiger partial charge in [0.25, 0.3) is 0 Å². The second-order valence-corrected chi connectivity index (χ2v) is 8.72. The van der Waals surface area contributed by atoms with Gasteiger partial charge in [-0.25, -0.2) is 9.37 Å². The van der Waals surface area contributed by atoms with Crippen molar-refractivity contribution in [3.63, 3.8) is 0 Å². The lowest BCUT2D eigenvalue weighted by molar-refractivity contribution is 0.219. The summed E-state index contributed by atoms with van der Waals surface area (Å²) in [5.41, 5.74) is 5.45. The van der Waals surface area contributed by atoms with Crippen molar-refractivity contribution >= 4 is 5.69 Å². The number of halogens is 1. The van der Waals surface area contributed by atoms with Gasteiger partial charge in [0.2, 0.25) is 5.88 Å². The largest absolute Gasteiger partial charge is 0.481 e. The zero-order chi connectivity index (χ0) is 23.0. The molecule has 5 rings (SSSR count). The van der Waals surface area contributed by atoms with Gasteiger partial charge in [-0.15, -0.1) is 0 Å². The molecular weight excluding hydrogens is 413 g/mol. The molecular formula is C28H34FN3O. The number of piperidine rings is 1. The van der Waals surface area contributed by atoms with Gasteiger partial charge in [-0.3, -0.25) is 0 Å². The van der Waals surface area contributed by atoms with E-state index in [1.807, 2.05) is 6.07 Å². The Morgan fingerprint density at radius 3 is 2.45 bits per heavy atom. The highest BCUT2D eigenvalue weighted by Crippen LogP contribution is 2.34. The molecule has 0 N–H and O–H groups in total. The number of rotatable bonds is 5. The molecule has 1 saturated heterocycles. The zero-order valence-electron chi connectivity index (χ0n) is 19.7. The Kier molecular flexibility index (Phi) is 7.95. The van der Waals surface area contributed by atoms with Gasteiger partial charge in [0.15, 0.2) is 0 Å². The van der Waals surface area contributed by atoms with Crippen molar-refractivity contribution in [1.82, 2.24) is 9.88 Å². The molecule has 0 bridgehead atoms. The van der Waals surface area contributed by atoms with Gasteiger partial charge in [0.1, 0.15) is 5.82 Å². The predicted molar refractivity (Wildman–Crippen MR) is 133 cm³/mol. The Morgan fingerprint density at radius 1 is 1.00 bits per heavy atom. The number of anilines is 1. The summed E-state index contributed by atoms with van der Waals surface area (Å²) in [6.45, 7) is 7.09. The summed E-state index contributed by atoms with van der Waals surface area (Å²) in [6.07, 6.45) is 6.41. The highest BCUT2D eigenvalue weighted by molar-refractivity contribution is 5.61. The fourth-order valence-corrected chi connectivity index (χ4v) is 4.86. The molecule has 2 aliphatic rings. The van der Waals surface area contributed by atoms with Gasteiger partial charge in [-0.1, -0.05) is 43.3 Å². The first-order valence-electron chi connectivity index (χ1n) is 12.0. The minimum absolute atomic E-state index is 0.178. The lowest BCUT2D eigenvalue weighted by atomic mass is 10.0. The summed E-state index contributed by atoms with van der Waals surface area (Å²) in [5.74, 6) is 0.555. The quantitative estimate of drug-likeness (QED) is 0.527. The van der Waals surface area contributed by atoms with E-state index in [0.29, 0.717) is 6.04 Å². The predicted octanol–water partition coefficient (Wildman–Crippen LogP) is 5.35. The van der Waals surface area contributed by atoms with Gasteiger partial charge >= 0.3 is 0 Å². The van der Waals surface area contributed by atoms with Crippen LogP contribution in [-0.2, 0) is 12.8 Å². The van der Waals surface area contributed by atoms with Crippen LogP contribution in [0.25, 0.3) is 0 Å². The maximum absolute atomic E-state index is 11.9. The SMILES string of the molecule is CCN1CCC(N2CCc3ccc(Cc4cccnc4OC)cc32)CC1.Fc1ccccc1. The van der Waals surface area contributed by atoms with Crippen LogP contribution in [-0.4, -0.2) is 49.2 Å². The van der Waals surface area contributed by atoms with Crippen LogP contribution in [0.4, 0.5) is 10.1 Å². The third kappa shape index (κ3) is 5.91. The molecule has 0 unspecified atom stereocenters. The molecule has 2 aromatic carbocycles. The molecule has 0 saturated carbocycles. The van der Waals surface area contributed by atoms with E-state index in [4.69, 9.17) is 4.74 Å². The highest BCUT2D eigenvalue weighted by Gasteiger charge is 2.29. The molecule has 0 aliphatic carbocycles. The maximum Gasteiger partial charge on any atom is 0.216 e. The number of hydrogen-bond acceptors (Lipinski definition) is 4. The maximum atomic E-state index is 11.9. The number of ether oxygens (including phenoxy) is 1. The number of likely N-dealkylation sites (tertiary alicyclic amines) is 1. The number of aromatic nitrogens is 1. The topological polar surface area (TPSA) is 28.6 Å². The van der Waals surface area contributed by atoms with Gasteiger partial charge < -0.3 is 14.5 Å². The van der Waals surface area contributed by atoms with E-state index in [2.05, 4.69) is 46.0 Å². The van der Waals surface area contributed by atoms with Crippen molar-refractivity contribution < 1.29 is 9.13 Å². The van der Waals surface area contributed by atoms with Crippen LogP contribution in [0.1, 0.15) is 36.5 Å². The first-order chi connectivity index (χ1) is 16.2. The molecule has 0 amide bonds. The second-order valence-electron chi connectivity index (χ2n) is 8.72. The van der Waals surface area contributed by atoms with Crippen LogP contribution < -0.4 is 9.64 Å². The standard InChI is InChI=1S/C22H29N3O.C6H5F/c1-3-24-12-9-20(10-13-24)25-14-8-18-7-6-17(16-21(18)25)15-19-5-4-11-23-22(19)26-2;7-6-4-2-1-3-5-6/h4-7,11,16,20H,3,8-10,12-15H2,1-2H3;1-5H. The average Bonchev–Trinajstić information content (AvgIpc) is 3.28. The molecule has 4 nitrogen and oxygen atoms in total. The van der Waals surface area contributed by atoms with Crippen molar-refractivity contribution in [3.8, 4) is 5.88 Å². The number of hydrogen-bond donors (Lipinski definition) is 0. The van der Waals surface area contributed by atoms with E-state index in [-0.39, 0.29) is 5.82 Å². The molecule has 3 heterocycles. The first-order valence-corrected chi connectivity index (χ1v) is 12.0. The highest BCUT2D eigenvalue weighted by atomic mass is 19.1. The van der Waals surface area contributed by atoms with Crippen LogP contribution in [0.5, 0.6) is 5.88 Å². The van der Waals surface area contributed by atoms with Crippen LogP contribution in [0.3, 0.4) is 0 Å². The average molecular weight is 448 g/mol. The molecule has 0 radical (unpaired) electrons. The summed E-state index contributed by atoms with van der Waals surface area (Å²) in [6, 6.07) is 19.7. The van der Waals surface area contributed by atoms with E-state index in [0.717, 1.165) is 17.9 Å². The number of fused-ring (bicyclic) bond motifs is 1. The van der Waals surface area contributed by atoms with Crippen LogP contribution in [0.2, 0.25) is 0 Å². The van der Waals surface area contributed by atoms with E-state index in [1.165, 1.54) is 74.4 Å². The molecule has 0 spiro atoms. The van der Waals surface area contributed by atoms with Crippen LogP contribution >= 0.6 is 0 Å². The lowest BCUT2D eigenvalue weighted by Crippen LogP contribution is -2.44. The molecule has 174 valence electrons. The first kappa shape index (κ1) is 23.2. The van der Waals surface area contributed by atoms with Crippen LogP contribution in [0.15, 0.2) is 66.9 Å². The molecule has 5 heteroatoms. The molecule has 1 fully saturated rings. The minimum atomic E-state index is -0.178. The number of methoxy groups -OCH3 is 1. The third-order valence-electron chi connectivity index (χ3n) is 6.70. The van der Waals surface area contributed by atoms with Crippen molar-refractivity contribution in [2.24, 2.45) is 0 Å². The van der Waals surface area contributed by atoms with Crippen molar-refractivity contribution in [2.45, 2.75) is 38.6 Å². The Labute approximate surface area is 197 Å². The lowest BCUT2D eigenvalue weighted by Gasteiger charge is -2.37. The summed E-state index contributed by atoms with van der Waals surface area (Å²) >= 11 is 0. The van der Waals surface area contributed by atoms with E-state index in [1.54, 1.807) is 31.5 Å². The van der Waals surface area contributed by atoms with E-state index < -0.39 is 0 Å². The smallest absolute Gasteiger partial charge is 0.216 e. The van der Waals surface area contributed by atoms with E-state index in [9.17, 15) is 4.39 Å². The summed E-state index contributed by atoms with van der Waals surface area (Å²) in [5, 5.41) is 0. The second kappa shape index (κ2) is 11.3. The molecule has 1 aromatic heterocycles. The molecule has 2 aliphatic heterocycles. The minimum Gasteiger partial charge on any atom is -0.481 e. The molecule has 3 aromatic rings. The summed E-state index contributed by atoms with van der Waals surface area (Å²) in [4.78, 5) is 9.57. The fraction of sp³-hybridized carbons (Fsp3) is 0.393. The van der Waals surface area contributed by atoms with Crippen molar-refractivity contribution in [1.29, 1.82) is 0 Å². The number of pyridine rings is 1. The Balaban J connectivity index is 0.000000318. The van der Waals surface area contributed by atoms with Crippen molar-refractivity contribution in [2.75, 3.05) is 38.2 Å². The third-order valence-corrected chi connectivity index (χ3v) is 6.70. The Morgan fingerprint density at radius 2 is 1.79 bits per heavy atom. The normalized spacial score (nSPS) is 16.2. The monoisotopic (exact) mass is 447 g/mol. The van der Waals surface area contributed by atoms with Gasteiger partial charge in [-0.2, -0.15) is 0 Å². The molecule has 33 heavy (non-hydrogen) atoms. The molecule has 0 atom stereocenters. The summed E-state index contributed by atoms with van der Waals surface area (Å²) < 4.78 is 17.3. The number of nitrogens with zero attached hydrogens (tertiary/aromatic N) is 3. The Bertz CT molecular complexity index is 1020. The van der Waals surface area contributed by atoms with Crippen molar-refractivity contribution in [3.05, 3.63) is 89.4 Å². The summed E-state index contributed by atoms with van der Waals surface area (Å²) in [7, 11) is 1.69. The zero-order valence-corrected chi connectivity index (χ0v) is 19.7. The van der Waals surface area contributed by atoms with Gasteiger partial charge in [-0.05, 0) is 61.2 Å². The fourth-order valence-electron chi connectivity index (χ4n) is 4.86. The van der Waals surface area contributed by atoms with E-state index >= 15 is 0 Å². The number of benzene rings is 2. The van der Waals surface area contributed by atoms with Crippen LogP contribution in [0, 0.1) is 5.82 Å². The van der Waals surface area contributed by atoms with Gasteiger partial charge in [0, 0.05) is 49.5 Å². The Hall–Kier alpha value is -2.92. The van der Waals surface area contributed by atoms with Gasteiger partial charge in [0.05, 0.1) is 7.11 Å².